The second-order valence-corrected chi connectivity index (χ2v) is 7.56. The van der Waals surface area contributed by atoms with Gasteiger partial charge < -0.3 is 9.64 Å². The fourth-order valence-corrected chi connectivity index (χ4v) is 3.79. The average molecular weight is 376 g/mol. The van der Waals surface area contributed by atoms with Crippen LogP contribution in [0.15, 0.2) is 43.2 Å². The van der Waals surface area contributed by atoms with Gasteiger partial charge in [0, 0.05) is 56.4 Å². The first-order chi connectivity index (χ1) is 13.8. The number of fused-ring (bicyclic) bond motifs is 1. The first-order valence-electron chi connectivity index (χ1n) is 9.98. The Kier molecular flexibility index (Phi) is 4.74. The number of ether oxygens (including phenoxy) is 1. The molecule has 7 nitrogen and oxygen atoms in total. The largest absolute Gasteiger partial charge is 0.474 e. The zero-order valence-corrected chi connectivity index (χ0v) is 15.9. The summed E-state index contributed by atoms with van der Waals surface area (Å²) in [5.74, 6) is 0.722. The lowest BCUT2D eigenvalue weighted by Gasteiger charge is -2.36. The quantitative estimate of drug-likeness (QED) is 0.678. The van der Waals surface area contributed by atoms with E-state index in [-0.39, 0.29) is 0 Å². The van der Waals surface area contributed by atoms with E-state index in [9.17, 15) is 0 Å². The molecule has 0 unspecified atom stereocenters. The highest BCUT2D eigenvalue weighted by Gasteiger charge is 2.22. The van der Waals surface area contributed by atoms with Gasteiger partial charge in [0.15, 0.2) is 0 Å². The summed E-state index contributed by atoms with van der Waals surface area (Å²) in [6, 6.07) is 6.42. The average Bonchev–Trinajstić information content (AvgIpc) is 2.72. The normalized spacial score (nSPS) is 18.2. The van der Waals surface area contributed by atoms with Gasteiger partial charge in [-0.25, -0.2) is 19.9 Å². The molecule has 0 radical (unpaired) electrons. The molecule has 0 spiro atoms. The van der Waals surface area contributed by atoms with Crippen LogP contribution in [0.25, 0.3) is 10.9 Å². The fourth-order valence-electron chi connectivity index (χ4n) is 3.79. The number of aromatic nitrogens is 4. The van der Waals surface area contributed by atoms with E-state index in [1.807, 2.05) is 12.4 Å². The molecule has 2 aromatic heterocycles. The minimum absolute atomic E-state index is 0.312. The van der Waals surface area contributed by atoms with Crippen LogP contribution < -0.4 is 9.64 Å². The van der Waals surface area contributed by atoms with Crippen molar-refractivity contribution in [1.29, 1.82) is 0 Å². The van der Waals surface area contributed by atoms with Crippen LogP contribution in [0.4, 0.5) is 5.69 Å². The predicted octanol–water partition coefficient (Wildman–Crippen LogP) is 2.67. The van der Waals surface area contributed by atoms with E-state index < -0.39 is 0 Å². The Bertz CT molecular complexity index is 938. The molecular weight excluding hydrogens is 352 g/mol. The van der Waals surface area contributed by atoms with Crippen LogP contribution in [-0.2, 0) is 6.54 Å². The summed E-state index contributed by atoms with van der Waals surface area (Å²) in [6.45, 7) is 4.92. The molecule has 144 valence electrons. The Morgan fingerprint density at radius 2 is 1.79 bits per heavy atom. The number of hydrogen-bond donors (Lipinski definition) is 0. The van der Waals surface area contributed by atoms with Crippen LogP contribution in [-0.4, -0.2) is 57.1 Å². The second kappa shape index (κ2) is 7.67. The van der Waals surface area contributed by atoms with E-state index in [1.54, 1.807) is 12.7 Å². The number of anilines is 1. The van der Waals surface area contributed by atoms with Gasteiger partial charge in [-0.3, -0.25) is 4.90 Å². The molecule has 0 amide bonds. The second-order valence-electron chi connectivity index (χ2n) is 7.56. The maximum absolute atomic E-state index is 6.10. The minimum atomic E-state index is 0.312. The summed E-state index contributed by atoms with van der Waals surface area (Å²) < 4.78 is 6.10. The highest BCUT2D eigenvalue weighted by atomic mass is 16.5. The Morgan fingerprint density at radius 3 is 2.54 bits per heavy atom. The molecule has 3 heterocycles. The molecule has 1 aliphatic heterocycles. The van der Waals surface area contributed by atoms with E-state index in [0.29, 0.717) is 6.10 Å². The van der Waals surface area contributed by atoms with Gasteiger partial charge >= 0.3 is 0 Å². The number of rotatable bonds is 5. The van der Waals surface area contributed by atoms with Crippen LogP contribution in [0.2, 0.25) is 0 Å². The van der Waals surface area contributed by atoms with Gasteiger partial charge in [0.1, 0.15) is 18.8 Å². The molecule has 2 fully saturated rings. The summed E-state index contributed by atoms with van der Waals surface area (Å²) in [4.78, 5) is 21.9. The van der Waals surface area contributed by atoms with Crippen molar-refractivity contribution in [2.45, 2.75) is 31.9 Å². The molecule has 3 aromatic rings. The number of benzene rings is 1. The maximum atomic E-state index is 6.10. The Hall–Kier alpha value is -2.80. The third-order valence-corrected chi connectivity index (χ3v) is 5.67. The van der Waals surface area contributed by atoms with E-state index in [2.05, 4.69) is 47.9 Å². The molecule has 0 bridgehead atoms. The molecule has 1 aliphatic carbocycles. The molecule has 0 atom stereocenters. The van der Waals surface area contributed by atoms with Crippen molar-refractivity contribution in [2.24, 2.45) is 0 Å². The van der Waals surface area contributed by atoms with Crippen molar-refractivity contribution in [3.63, 3.8) is 0 Å². The van der Waals surface area contributed by atoms with E-state index in [1.165, 1.54) is 12.1 Å². The minimum Gasteiger partial charge on any atom is -0.474 e. The standard InChI is InChI=1S/C21H24N6O/c1-2-18(3-1)28-21-19-10-17(4-5-20(19)24-15-25-21)27-8-6-26(7-9-27)13-16-11-22-14-23-12-16/h4-5,10-12,14-15,18H,1-3,6-9,13H2. The van der Waals surface area contributed by atoms with Crippen molar-refractivity contribution in [1.82, 2.24) is 24.8 Å². The van der Waals surface area contributed by atoms with Crippen LogP contribution >= 0.6 is 0 Å². The third-order valence-electron chi connectivity index (χ3n) is 5.67. The van der Waals surface area contributed by atoms with Crippen molar-refractivity contribution >= 4 is 16.6 Å². The lowest BCUT2D eigenvalue weighted by atomic mass is 9.96. The Balaban J connectivity index is 1.29. The topological polar surface area (TPSA) is 67.3 Å². The SMILES string of the molecule is c1ncc(CN2CCN(c3ccc4ncnc(OC5CCC5)c4c3)CC2)cn1. The molecule has 28 heavy (non-hydrogen) atoms. The molecule has 1 saturated heterocycles. The zero-order chi connectivity index (χ0) is 18.8. The molecule has 5 rings (SSSR count). The van der Waals surface area contributed by atoms with Crippen LogP contribution in [0, 0.1) is 0 Å². The maximum Gasteiger partial charge on any atom is 0.224 e. The van der Waals surface area contributed by atoms with Crippen molar-refractivity contribution in [2.75, 3.05) is 31.1 Å². The van der Waals surface area contributed by atoms with Crippen molar-refractivity contribution in [3.8, 4) is 5.88 Å². The van der Waals surface area contributed by atoms with Crippen LogP contribution in [0.3, 0.4) is 0 Å². The number of hydrogen-bond acceptors (Lipinski definition) is 7. The summed E-state index contributed by atoms with van der Waals surface area (Å²) in [5.41, 5.74) is 3.32. The van der Waals surface area contributed by atoms with Crippen molar-refractivity contribution < 1.29 is 4.74 Å². The lowest BCUT2D eigenvalue weighted by molar-refractivity contribution is 0.116. The van der Waals surface area contributed by atoms with Gasteiger partial charge in [-0.1, -0.05) is 0 Å². The highest BCUT2D eigenvalue weighted by molar-refractivity contribution is 5.86. The van der Waals surface area contributed by atoms with Gasteiger partial charge in [-0.15, -0.1) is 0 Å². The molecular formula is C21H24N6O. The van der Waals surface area contributed by atoms with Gasteiger partial charge in [-0.05, 0) is 37.5 Å². The van der Waals surface area contributed by atoms with E-state index >= 15 is 0 Å². The molecule has 7 heteroatoms. The predicted molar refractivity (Wildman–Crippen MR) is 107 cm³/mol. The van der Waals surface area contributed by atoms with Gasteiger partial charge in [0.25, 0.3) is 0 Å². The monoisotopic (exact) mass is 376 g/mol. The van der Waals surface area contributed by atoms with Gasteiger partial charge in [-0.2, -0.15) is 0 Å². The highest BCUT2D eigenvalue weighted by Crippen LogP contribution is 2.31. The molecule has 2 aliphatic rings. The number of nitrogens with zero attached hydrogens (tertiary/aromatic N) is 6. The smallest absolute Gasteiger partial charge is 0.224 e. The summed E-state index contributed by atoms with van der Waals surface area (Å²) in [7, 11) is 0. The Morgan fingerprint density at radius 1 is 0.964 bits per heavy atom. The van der Waals surface area contributed by atoms with Gasteiger partial charge in [0.05, 0.1) is 10.9 Å². The lowest BCUT2D eigenvalue weighted by Crippen LogP contribution is -2.46. The van der Waals surface area contributed by atoms with Crippen molar-refractivity contribution in [3.05, 3.63) is 48.8 Å². The van der Waals surface area contributed by atoms with Crippen LogP contribution in [0.5, 0.6) is 5.88 Å². The fraction of sp³-hybridized carbons (Fsp3) is 0.429. The first-order valence-corrected chi connectivity index (χ1v) is 9.98. The summed E-state index contributed by atoms with van der Waals surface area (Å²) >= 11 is 0. The molecule has 0 N–H and O–H groups in total. The third kappa shape index (κ3) is 3.62. The van der Waals surface area contributed by atoms with Crippen LogP contribution in [0.1, 0.15) is 24.8 Å². The first kappa shape index (κ1) is 17.3. The zero-order valence-electron chi connectivity index (χ0n) is 15.9. The summed E-state index contributed by atoms with van der Waals surface area (Å²) in [6.07, 6.45) is 10.8. The molecule has 1 saturated carbocycles. The molecule has 1 aromatic carbocycles. The van der Waals surface area contributed by atoms with Gasteiger partial charge in [0.2, 0.25) is 5.88 Å². The number of piperazine rings is 1. The van der Waals surface area contributed by atoms with E-state index in [0.717, 1.165) is 67.9 Å². The van der Waals surface area contributed by atoms with E-state index in [4.69, 9.17) is 4.74 Å². The Labute approximate surface area is 164 Å². The summed E-state index contributed by atoms with van der Waals surface area (Å²) in [5, 5.41) is 1.01.